The molecular weight excluding hydrogens is 264 g/mol. The van der Waals surface area contributed by atoms with Crippen LogP contribution in [0.25, 0.3) is 0 Å². The lowest BCUT2D eigenvalue weighted by Gasteiger charge is -2.17. The van der Waals surface area contributed by atoms with Gasteiger partial charge in [-0.25, -0.2) is 0 Å². The zero-order valence-corrected chi connectivity index (χ0v) is 15.4. The molecule has 0 heterocycles. The van der Waals surface area contributed by atoms with E-state index in [2.05, 4.69) is 51.1 Å². The van der Waals surface area contributed by atoms with Crippen LogP contribution in [0.2, 0.25) is 0 Å². The fraction of sp³-hybridized carbons (Fsp3) is 0.727. The summed E-state index contributed by atoms with van der Waals surface area (Å²) in [5.74, 6) is 0. The highest BCUT2D eigenvalue weighted by molar-refractivity contribution is 5.14. The van der Waals surface area contributed by atoms with Crippen LogP contribution in [0.3, 0.4) is 0 Å². The molecule has 0 aliphatic heterocycles. The van der Waals surface area contributed by atoms with Crippen molar-refractivity contribution in [2.45, 2.75) is 97.8 Å². The third kappa shape index (κ3) is 11.8. The first-order chi connectivity index (χ1) is 10.6. The van der Waals surface area contributed by atoms with Gasteiger partial charge < -0.3 is 0 Å². The molecule has 0 unspecified atom stereocenters. The zero-order chi connectivity index (χ0) is 16.1. The summed E-state index contributed by atoms with van der Waals surface area (Å²) in [6.45, 7) is 7.06. The predicted octanol–water partition coefficient (Wildman–Crippen LogP) is 7.57. The van der Waals surface area contributed by atoms with Crippen LogP contribution in [0.5, 0.6) is 0 Å². The SMILES string of the molecule is CC(C)(C)CCCCCCCCCCCCc1ccccc1. The van der Waals surface area contributed by atoms with Crippen LogP contribution in [-0.2, 0) is 6.42 Å². The van der Waals surface area contributed by atoms with Crippen LogP contribution < -0.4 is 0 Å². The van der Waals surface area contributed by atoms with Gasteiger partial charge in [-0.1, -0.05) is 109 Å². The van der Waals surface area contributed by atoms with Crippen molar-refractivity contribution in [2.75, 3.05) is 0 Å². The number of benzene rings is 1. The van der Waals surface area contributed by atoms with Crippen molar-refractivity contribution in [1.29, 1.82) is 0 Å². The van der Waals surface area contributed by atoms with E-state index in [1.165, 1.54) is 82.6 Å². The molecule has 0 aromatic heterocycles. The van der Waals surface area contributed by atoms with Gasteiger partial charge in [0.25, 0.3) is 0 Å². The molecule has 0 amide bonds. The van der Waals surface area contributed by atoms with E-state index in [0.29, 0.717) is 5.41 Å². The Morgan fingerprint density at radius 1 is 0.591 bits per heavy atom. The summed E-state index contributed by atoms with van der Waals surface area (Å²) in [6.07, 6.45) is 16.9. The molecule has 22 heavy (non-hydrogen) atoms. The Morgan fingerprint density at radius 2 is 1.05 bits per heavy atom. The average molecular weight is 303 g/mol. The van der Waals surface area contributed by atoms with Crippen molar-refractivity contribution >= 4 is 0 Å². The van der Waals surface area contributed by atoms with Crippen LogP contribution in [0.4, 0.5) is 0 Å². The van der Waals surface area contributed by atoms with E-state index in [1.54, 1.807) is 0 Å². The van der Waals surface area contributed by atoms with Gasteiger partial charge in [0.15, 0.2) is 0 Å². The molecule has 126 valence electrons. The summed E-state index contributed by atoms with van der Waals surface area (Å²) < 4.78 is 0. The molecule has 0 heteroatoms. The molecule has 1 aromatic rings. The summed E-state index contributed by atoms with van der Waals surface area (Å²) >= 11 is 0. The number of hydrogen-bond acceptors (Lipinski definition) is 0. The zero-order valence-electron chi connectivity index (χ0n) is 15.4. The van der Waals surface area contributed by atoms with E-state index in [9.17, 15) is 0 Å². The number of aryl methyl sites for hydroxylation is 1. The van der Waals surface area contributed by atoms with Gasteiger partial charge in [-0.15, -0.1) is 0 Å². The lowest BCUT2D eigenvalue weighted by Crippen LogP contribution is -2.03. The smallest absolute Gasteiger partial charge is 0.0279 e. The summed E-state index contributed by atoms with van der Waals surface area (Å²) in [6, 6.07) is 10.9. The Balaban J connectivity index is 1.78. The Bertz CT molecular complexity index is 344. The van der Waals surface area contributed by atoms with Crippen LogP contribution in [0.15, 0.2) is 30.3 Å². The van der Waals surface area contributed by atoms with Crippen LogP contribution in [0, 0.1) is 5.41 Å². The maximum Gasteiger partial charge on any atom is -0.0279 e. The van der Waals surface area contributed by atoms with Gasteiger partial charge in [-0.3, -0.25) is 0 Å². The fourth-order valence-electron chi connectivity index (χ4n) is 3.04. The summed E-state index contributed by atoms with van der Waals surface area (Å²) in [7, 11) is 0. The predicted molar refractivity (Wildman–Crippen MR) is 100 cm³/mol. The minimum Gasteiger partial charge on any atom is -0.0622 e. The number of hydrogen-bond donors (Lipinski definition) is 0. The van der Waals surface area contributed by atoms with Gasteiger partial charge in [0.1, 0.15) is 0 Å². The third-order valence-electron chi connectivity index (χ3n) is 4.49. The van der Waals surface area contributed by atoms with Gasteiger partial charge in [0.2, 0.25) is 0 Å². The summed E-state index contributed by atoms with van der Waals surface area (Å²) in [5.41, 5.74) is 2.03. The first-order valence-corrected chi connectivity index (χ1v) is 9.62. The highest BCUT2D eigenvalue weighted by atomic mass is 14.1. The van der Waals surface area contributed by atoms with Crippen molar-refractivity contribution in [3.63, 3.8) is 0 Å². The average Bonchev–Trinajstić information content (AvgIpc) is 2.48. The maximum atomic E-state index is 2.35. The minimum absolute atomic E-state index is 0.528. The van der Waals surface area contributed by atoms with E-state index in [4.69, 9.17) is 0 Å². The van der Waals surface area contributed by atoms with E-state index in [-0.39, 0.29) is 0 Å². The highest BCUT2D eigenvalue weighted by Crippen LogP contribution is 2.22. The van der Waals surface area contributed by atoms with E-state index < -0.39 is 0 Å². The topological polar surface area (TPSA) is 0 Å². The standard InChI is InChI=1S/C22H38/c1-22(2,3)20-16-11-9-7-5-4-6-8-10-13-17-21-18-14-12-15-19-21/h12,14-15,18-19H,4-11,13,16-17,20H2,1-3H3. The van der Waals surface area contributed by atoms with E-state index >= 15 is 0 Å². The van der Waals surface area contributed by atoms with Crippen LogP contribution in [0.1, 0.15) is 97.0 Å². The molecule has 0 nitrogen and oxygen atoms in total. The van der Waals surface area contributed by atoms with Crippen molar-refractivity contribution < 1.29 is 0 Å². The normalized spacial score (nSPS) is 11.8. The van der Waals surface area contributed by atoms with Gasteiger partial charge in [0, 0.05) is 0 Å². The first kappa shape index (κ1) is 19.3. The minimum atomic E-state index is 0.528. The summed E-state index contributed by atoms with van der Waals surface area (Å²) in [5, 5.41) is 0. The highest BCUT2D eigenvalue weighted by Gasteiger charge is 2.08. The molecule has 0 fully saturated rings. The van der Waals surface area contributed by atoms with Gasteiger partial charge in [-0.2, -0.15) is 0 Å². The van der Waals surface area contributed by atoms with Crippen molar-refractivity contribution in [2.24, 2.45) is 5.41 Å². The number of unbranched alkanes of at least 4 members (excludes halogenated alkanes) is 9. The van der Waals surface area contributed by atoms with Crippen molar-refractivity contribution in [3.8, 4) is 0 Å². The molecule has 0 aliphatic rings. The first-order valence-electron chi connectivity index (χ1n) is 9.62. The maximum absolute atomic E-state index is 2.35. The van der Waals surface area contributed by atoms with Gasteiger partial charge in [0.05, 0.1) is 0 Å². The van der Waals surface area contributed by atoms with E-state index in [0.717, 1.165) is 0 Å². The Hall–Kier alpha value is -0.780. The molecule has 1 rings (SSSR count). The molecule has 0 bridgehead atoms. The van der Waals surface area contributed by atoms with Crippen molar-refractivity contribution in [3.05, 3.63) is 35.9 Å². The second-order valence-electron chi connectivity index (χ2n) is 8.08. The lowest BCUT2D eigenvalue weighted by atomic mass is 9.89. The van der Waals surface area contributed by atoms with Gasteiger partial charge >= 0.3 is 0 Å². The Kier molecular flexibility index (Phi) is 10.3. The monoisotopic (exact) mass is 302 g/mol. The largest absolute Gasteiger partial charge is 0.0622 e. The number of rotatable bonds is 12. The van der Waals surface area contributed by atoms with Crippen molar-refractivity contribution in [1.82, 2.24) is 0 Å². The molecule has 0 radical (unpaired) electrons. The molecule has 0 saturated carbocycles. The third-order valence-corrected chi connectivity index (χ3v) is 4.49. The molecule has 0 saturated heterocycles. The van der Waals surface area contributed by atoms with Gasteiger partial charge in [-0.05, 0) is 30.2 Å². The fourth-order valence-corrected chi connectivity index (χ4v) is 3.04. The quantitative estimate of drug-likeness (QED) is 0.349. The lowest BCUT2D eigenvalue weighted by molar-refractivity contribution is 0.356. The second kappa shape index (κ2) is 11.7. The van der Waals surface area contributed by atoms with E-state index in [1.807, 2.05) is 0 Å². The second-order valence-corrected chi connectivity index (χ2v) is 8.08. The molecule has 1 aromatic carbocycles. The van der Waals surface area contributed by atoms with Crippen LogP contribution >= 0.6 is 0 Å². The molecular formula is C22H38. The molecule has 0 N–H and O–H groups in total. The molecule has 0 spiro atoms. The summed E-state index contributed by atoms with van der Waals surface area (Å²) in [4.78, 5) is 0. The molecule has 0 atom stereocenters. The van der Waals surface area contributed by atoms with Crippen LogP contribution in [-0.4, -0.2) is 0 Å². The molecule has 0 aliphatic carbocycles. The Morgan fingerprint density at radius 3 is 1.55 bits per heavy atom. The Labute approximate surface area is 139 Å².